The largest absolute Gasteiger partial charge is 0.478 e. The molecule has 2 saturated heterocycles. The van der Waals surface area contributed by atoms with E-state index >= 15 is 0 Å². The van der Waals surface area contributed by atoms with E-state index in [-0.39, 0.29) is 0 Å². The molecule has 0 aromatic carbocycles. The number of rotatable bonds is 3. The molecule has 0 aliphatic carbocycles. The predicted octanol–water partition coefficient (Wildman–Crippen LogP) is 0.407. The SMILES string of the molecule is C=C(CN1CCN2CCCC2C1)C(=O)O. The number of hydrogen-bond acceptors (Lipinski definition) is 3. The molecule has 0 amide bonds. The van der Waals surface area contributed by atoms with Crippen molar-refractivity contribution in [1.82, 2.24) is 9.80 Å². The highest BCUT2D eigenvalue weighted by Gasteiger charge is 2.30. The van der Waals surface area contributed by atoms with Crippen molar-refractivity contribution in [2.24, 2.45) is 0 Å². The highest BCUT2D eigenvalue weighted by Crippen LogP contribution is 2.21. The van der Waals surface area contributed by atoms with Crippen LogP contribution in [0.25, 0.3) is 0 Å². The molecule has 4 heteroatoms. The zero-order chi connectivity index (χ0) is 10.8. The smallest absolute Gasteiger partial charge is 0.332 e. The first-order valence-corrected chi connectivity index (χ1v) is 5.54. The molecular weight excluding hydrogens is 192 g/mol. The van der Waals surface area contributed by atoms with Crippen LogP contribution in [0.15, 0.2) is 12.2 Å². The van der Waals surface area contributed by atoms with E-state index in [1.54, 1.807) is 0 Å². The molecule has 0 aromatic heterocycles. The Hall–Kier alpha value is -0.870. The molecule has 2 aliphatic rings. The van der Waals surface area contributed by atoms with Gasteiger partial charge in [0.1, 0.15) is 0 Å². The van der Waals surface area contributed by atoms with Gasteiger partial charge in [0, 0.05) is 37.8 Å². The highest BCUT2D eigenvalue weighted by molar-refractivity contribution is 5.86. The summed E-state index contributed by atoms with van der Waals surface area (Å²) in [5.74, 6) is -0.871. The second-order valence-corrected chi connectivity index (χ2v) is 4.48. The minimum absolute atomic E-state index is 0.307. The van der Waals surface area contributed by atoms with E-state index in [9.17, 15) is 4.79 Å². The van der Waals surface area contributed by atoms with Crippen LogP contribution in [0.4, 0.5) is 0 Å². The molecule has 1 unspecified atom stereocenters. The third-order valence-corrected chi connectivity index (χ3v) is 3.39. The number of piperazine rings is 1. The Bertz CT molecular complexity index is 278. The number of hydrogen-bond donors (Lipinski definition) is 1. The normalized spacial score (nSPS) is 27.6. The molecule has 2 heterocycles. The molecule has 0 aromatic rings. The molecule has 0 bridgehead atoms. The van der Waals surface area contributed by atoms with Gasteiger partial charge >= 0.3 is 5.97 Å². The number of carboxylic acid groups (broad SMARTS) is 1. The summed E-state index contributed by atoms with van der Waals surface area (Å²) < 4.78 is 0. The fraction of sp³-hybridized carbons (Fsp3) is 0.727. The van der Waals surface area contributed by atoms with E-state index < -0.39 is 5.97 Å². The van der Waals surface area contributed by atoms with Gasteiger partial charge in [-0.2, -0.15) is 0 Å². The maximum Gasteiger partial charge on any atom is 0.332 e. The molecule has 4 nitrogen and oxygen atoms in total. The number of carbonyl (C=O) groups is 1. The first-order valence-electron chi connectivity index (χ1n) is 5.54. The Morgan fingerprint density at radius 2 is 2.20 bits per heavy atom. The summed E-state index contributed by atoms with van der Waals surface area (Å²) in [5, 5.41) is 8.76. The summed E-state index contributed by atoms with van der Waals surface area (Å²) in [6.45, 7) is 8.38. The first kappa shape index (κ1) is 10.6. The number of carboxylic acids is 1. The minimum Gasteiger partial charge on any atom is -0.478 e. The fourth-order valence-electron chi connectivity index (χ4n) is 2.54. The van der Waals surface area contributed by atoms with Crippen LogP contribution in [0, 0.1) is 0 Å². The topological polar surface area (TPSA) is 43.8 Å². The van der Waals surface area contributed by atoms with Crippen molar-refractivity contribution in [1.29, 1.82) is 0 Å². The lowest BCUT2D eigenvalue weighted by Crippen LogP contribution is -2.50. The van der Waals surface area contributed by atoms with Crippen molar-refractivity contribution < 1.29 is 9.90 Å². The van der Waals surface area contributed by atoms with Gasteiger partial charge in [0.25, 0.3) is 0 Å². The Kier molecular flexibility index (Phi) is 3.07. The van der Waals surface area contributed by atoms with Crippen molar-refractivity contribution in [3.05, 3.63) is 12.2 Å². The summed E-state index contributed by atoms with van der Waals surface area (Å²) >= 11 is 0. The molecule has 2 fully saturated rings. The summed E-state index contributed by atoms with van der Waals surface area (Å²) in [7, 11) is 0. The molecule has 2 aliphatic heterocycles. The lowest BCUT2D eigenvalue weighted by Gasteiger charge is -2.37. The molecule has 0 saturated carbocycles. The van der Waals surface area contributed by atoms with E-state index in [1.807, 2.05) is 0 Å². The molecular formula is C11H18N2O2. The molecule has 1 N–H and O–H groups in total. The minimum atomic E-state index is -0.871. The van der Waals surface area contributed by atoms with E-state index in [0.29, 0.717) is 18.2 Å². The zero-order valence-electron chi connectivity index (χ0n) is 8.98. The molecule has 0 radical (unpaired) electrons. The van der Waals surface area contributed by atoms with Crippen LogP contribution >= 0.6 is 0 Å². The standard InChI is InChI=1S/C11H18N2O2/c1-9(11(14)15)7-12-5-6-13-4-2-3-10(13)8-12/h10H,1-8H2,(H,14,15). The quantitative estimate of drug-likeness (QED) is 0.685. The Morgan fingerprint density at radius 3 is 2.93 bits per heavy atom. The van der Waals surface area contributed by atoms with Gasteiger partial charge in [-0.25, -0.2) is 4.79 Å². The highest BCUT2D eigenvalue weighted by atomic mass is 16.4. The zero-order valence-corrected chi connectivity index (χ0v) is 8.98. The van der Waals surface area contributed by atoms with Gasteiger partial charge in [-0.05, 0) is 19.4 Å². The maximum atomic E-state index is 10.7. The van der Waals surface area contributed by atoms with Crippen LogP contribution in [0.1, 0.15) is 12.8 Å². The number of nitrogens with zero attached hydrogens (tertiary/aromatic N) is 2. The van der Waals surface area contributed by atoms with E-state index in [4.69, 9.17) is 5.11 Å². The maximum absolute atomic E-state index is 10.7. The molecule has 1 atom stereocenters. The Labute approximate surface area is 90.2 Å². The van der Waals surface area contributed by atoms with Crippen molar-refractivity contribution in [3.8, 4) is 0 Å². The molecule has 2 rings (SSSR count). The van der Waals surface area contributed by atoms with Gasteiger partial charge in [-0.15, -0.1) is 0 Å². The van der Waals surface area contributed by atoms with E-state index in [1.165, 1.54) is 19.4 Å². The van der Waals surface area contributed by atoms with Crippen LogP contribution in [0.5, 0.6) is 0 Å². The molecule has 15 heavy (non-hydrogen) atoms. The van der Waals surface area contributed by atoms with Crippen molar-refractivity contribution in [2.75, 3.05) is 32.7 Å². The third-order valence-electron chi connectivity index (χ3n) is 3.39. The van der Waals surface area contributed by atoms with Gasteiger partial charge in [-0.3, -0.25) is 9.80 Å². The fourth-order valence-corrected chi connectivity index (χ4v) is 2.54. The summed E-state index contributed by atoms with van der Waals surface area (Å²) in [6.07, 6.45) is 2.55. The van der Waals surface area contributed by atoms with Gasteiger partial charge < -0.3 is 5.11 Å². The van der Waals surface area contributed by atoms with Crippen LogP contribution < -0.4 is 0 Å². The van der Waals surface area contributed by atoms with Gasteiger partial charge in [0.05, 0.1) is 0 Å². The second-order valence-electron chi connectivity index (χ2n) is 4.48. The number of fused-ring (bicyclic) bond motifs is 1. The Morgan fingerprint density at radius 1 is 1.40 bits per heavy atom. The van der Waals surface area contributed by atoms with Crippen LogP contribution in [0.3, 0.4) is 0 Å². The van der Waals surface area contributed by atoms with E-state index in [2.05, 4.69) is 16.4 Å². The van der Waals surface area contributed by atoms with E-state index in [0.717, 1.165) is 19.6 Å². The summed E-state index contributed by atoms with van der Waals surface area (Å²) in [4.78, 5) is 15.4. The Balaban J connectivity index is 1.85. The van der Waals surface area contributed by atoms with Crippen molar-refractivity contribution in [2.45, 2.75) is 18.9 Å². The summed E-state index contributed by atoms with van der Waals surface area (Å²) in [6, 6.07) is 0.653. The third kappa shape index (κ3) is 2.38. The summed E-state index contributed by atoms with van der Waals surface area (Å²) in [5.41, 5.74) is 0.307. The predicted molar refractivity (Wildman–Crippen MR) is 57.8 cm³/mol. The van der Waals surface area contributed by atoms with Crippen LogP contribution in [0.2, 0.25) is 0 Å². The van der Waals surface area contributed by atoms with Gasteiger partial charge in [0.15, 0.2) is 0 Å². The molecule has 0 spiro atoms. The van der Waals surface area contributed by atoms with Gasteiger partial charge in [0.2, 0.25) is 0 Å². The lowest BCUT2D eigenvalue weighted by molar-refractivity contribution is -0.133. The molecule has 84 valence electrons. The second kappa shape index (κ2) is 4.33. The van der Waals surface area contributed by atoms with Crippen molar-refractivity contribution in [3.63, 3.8) is 0 Å². The van der Waals surface area contributed by atoms with Crippen molar-refractivity contribution >= 4 is 5.97 Å². The lowest BCUT2D eigenvalue weighted by atomic mass is 10.1. The average Bonchev–Trinajstić information content (AvgIpc) is 2.64. The first-order chi connectivity index (χ1) is 7.16. The van der Waals surface area contributed by atoms with Crippen LogP contribution in [-0.2, 0) is 4.79 Å². The van der Waals surface area contributed by atoms with Crippen LogP contribution in [-0.4, -0.2) is 59.6 Å². The number of aliphatic carboxylic acids is 1. The monoisotopic (exact) mass is 210 g/mol. The average molecular weight is 210 g/mol. The van der Waals surface area contributed by atoms with Gasteiger partial charge in [-0.1, -0.05) is 6.58 Å².